The molecule has 0 radical (unpaired) electrons. The van der Waals surface area contributed by atoms with Gasteiger partial charge in [-0.3, -0.25) is 4.90 Å². The number of imidazole rings is 1. The molecule has 0 spiro atoms. The average Bonchev–Trinajstić information content (AvgIpc) is 3.38. The van der Waals surface area contributed by atoms with Crippen molar-refractivity contribution < 1.29 is 9.53 Å². The Morgan fingerprint density at radius 2 is 1.44 bits per heavy atom. The number of rotatable bonds is 12. The van der Waals surface area contributed by atoms with E-state index in [1.54, 1.807) is 0 Å². The van der Waals surface area contributed by atoms with E-state index in [0.29, 0.717) is 5.56 Å². The molecule has 5 nitrogen and oxygen atoms in total. The van der Waals surface area contributed by atoms with Gasteiger partial charge in [0, 0.05) is 37.3 Å². The minimum absolute atomic E-state index is 0.320. The Bertz CT molecular complexity index is 1640. The largest absolute Gasteiger partial charge is 0.465 e. The lowest BCUT2D eigenvalue weighted by atomic mass is 10.1. The van der Waals surface area contributed by atoms with E-state index in [4.69, 9.17) is 9.72 Å². The van der Waals surface area contributed by atoms with Crippen LogP contribution in [0.3, 0.4) is 0 Å². The highest BCUT2D eigenvalue weighted by Gasteiger charge is 2.23. The molecule has 0 saturated heterocycles. The Balaban J connectivity index is 1.61. The van der Waals surface area contributed by atoms with E-state index in [9.17, 15) is 4.79 Å². The topological polar surface area (TPSA) is 47.4 Å². The van der Waals surface area contributed by atoms with Crippen LogP contribution in [0.25, 0.3) is 22.6 Å². The van der Waals surface area contributed by atoms with Crippen molar-refractivity contribution in [2.24, 2.45) is 0 Å². The maximum absolute atomic E-state index is 12.0. The first-order valence-electron chi connectivity index (χ1n) is 15.1. The number of carbonyl (C=O) groups excluding carboxylic acids is 1. The van der Waals surface area contributed by atoms with Crippen LogP contribution in [0.1, 0.15) is 58.1 Å². The van der Waals surface area contributed by atoms with Crippen molar-refractivity contribution in [2.75, 3.05) is 7.11 Å². The molecule has 4 aromatic carbocycles. The van der Waals surface area contributed by atoms with Crippen LogP contribution in [0.5, 0.6) is 0 Å². The Labute approximate surface area is 255 Å². The van der Waals surface area contributed by atoms with Crippen molar-refractivity contribution in [3.05, 3.63) is 137 Å². The van der Waals surface area contributed by atoms with Crippen LogP contribution in [0, 0.1) is 13.8 Å². The fraction of sp³-hybridized carbons (Fsp3) is 0.263. The van der Waals surface area contributed by atoms with E-state index in [1.165, 1.54) is 35.1 Å². The number of methoxy groups -OCH3 is 1. The number of unbranched alkanes of at least 4 members (excludes halogenated alkanes) is 1. The molecule has 0 N–H and O–H groups in total. The molecule has 0 bridgehead atoms. The zero-order valence-electron chi connectivity index (χ0n) is 25.7. The molecule has 0 fully saturated rings. The fourth-order valence-corrected chi connectivity index (χ4v) is 5.52. The standard InChI is InChI=1S/C38H41N3O2/c1-5-6-24-41-35(36(32-20-16-28(2)17-21-32)39-37(41)34-15-11-10-12-29(34)3)27-40(25-30-13-8-7-9-14-30)26-31-18-22-33(23-19-31)38(42)43-4/h7-23H,5-6,24-27H2,1-4H3. The summed E-state index contributed by atoms with van der Waals surface area (Å²) in [5, 5.41) is 0. The molecule has 0 aliphatic heterocycles. The molecular formula is C38H41N3O2. The van der Waals surface area contributed by atoms with Gasteiger partial charge in [0.05, 0.1) is 24.1 Å². The summed E-state index contributed by atoms with van der Waals surface area (Å²) in [5.41, 5.74) is 9.96. The van der Waals surface area contributed by atoms with E-state index in [1.807, 2.05) is 24.3 Å². The van der Waals surface area contributed by atoms with Crippen molar-refractivity contribution >= 4 is 5.97 Å². The van der Waals surface area contributed by atoms with Crippen LogP contribution < -0.4 is 0 Å². The van der Waals surface area contributed by atoms with Gasteiger partial charge >= 0.3 is 5.97 Å². The first kappa shape index (κ1) is 30.0. The summed E-state index contributed by atoms with van der Waals surface area (Å²) in [6.07, 6.45) is 2.17. The van der Waals surface area contributed by atoms with E-state index in [-0.39, 0.29) is 5.97 Å². The third-order valence-corrected chi connectivity index (χ3v) is 7.92. The minimum Gasteiger partial charge on any atom is -0.465 e. The van der Waals surface area contributed by atoms with Crippen molar-refractivity contribution in [3.8, 4) is 22.6 Å². The van der Waals surface area contributed by atoms with Crippen molar-refractivity contribution in [1.82, 2.24) is 14.5 Å². The van der Waals surface area contributed by atoms with Gasteiger partial charge in [-0.2, -0.15) is 0 Å². The fourth-order valence-electron chi connectivity index (χ4n) is 5.52. The molecule has 5 rings (SSSR count). The molecule has 5 aromatic rings. The molecule has 1 aromatic heterocycles. The van der Waals surface area contributed by atoms with Crippen LogP contribution in [0.2, 0.25) is 0 Å². The molecule has 0 saturated carbocycles. The van der Waals surface area contributed by atoms with Crippen LogP contribution in [-0.4, -0.2) is 27.5 Å². The van der Waals surface area contributed by atoms with E-state index in [2.05, 4.69) is 109 Å². The third-order valence-electron chi connectivity index (χ3n) is 7.92. The minimum atomic E-state index is -0.320. The second-order valence-corrected chi connectivity index (χ2v) is 11.2. The van der Waals surface area contributed by atoms with Gasteiger partial charge in [-0.25, -0.2) is 9.78 Å². The number of ether oxygens (including phenoxy) is 1. The van der Waals surface area contributed by atoms with Crippen LogP contribution in [0.15, 0.2) is 103 Å². The van der Waals surface area contributed by atoms with Crippen LogP contribution >= 0.6 is 0 Å². The predicted molar refractivity (Wildman–Crippen MR) is 175 cm³/mol. The van der Waals surface area contributed by atoms with Crippen LogP contribution in [-0.2, 0) is 30.9 Å². The van der Waals surface area contributed by atoms with Gasteiger partial charge < -0.3 is 9.30 Å². The molecule has 0 aliphatic rings. The van der Waals surface area contributed by atoms with E-state index in [0.717, 1.165) is 61.7 Å². The maximum Gasteiger partial charge on any atom is 0.337 e. The van der Waals surface area contributed by atoms with Crippen LogP contribution in [0.4, 0.5) is 0 Å². The summed E-state index contributed by atoms with van der Waals surface area (Å²) in [6, 6.07) is 35.6. The summed E-state index contributed by atoms with van der Waals surface area (Å²) in [6.45, 7) is 9.66. The Kier molecular flexibility index (Phi) is 9.85. The second kappa shape index (κ2) is 14.1. The van der Waals surface area contributed by atoms with Crippen molar-refractivity contribution in [1.29, 1.82) is 0 Å². The maximum atomic E-state index is 12.0. The Hall–Kier alpha value is -4.48. The SMILES string of the molecule is CCCCn1c(-c2ccccc2C)nc(-c2ccc(C)cc2)c1CN(Cc1ccccc1)Cc1ccc(C(=O)OC)cc1. The number of benzene rings is 4. The summed E-state index contributed by atoms with van der Waals surface area (Å²) < 4.78 is 7.37. The molecular weight excluding hydrogens is 530 g/mol. The molecule has 0 atom stereocenters. The molecule has 1 heterocycles. The monoisotopic (exact) mass is 571 g/mol. The van der Waals surface area contributed by atoms with Gasteiger partial charge in [-0.1, -0.05) is 110 Å². The number of aryl methyl sites for hydroxylation is 2. The number of hydrogen-bond donors (Lipinski definition) is 0. The average molecular weight is 572 g/mol. The molecule has 0 unspecified atom stereocenters. The lowest BCUT2D eigenvalue weighted by Gasteiger charge is -2.25. The third kappa shape index (κ3) is 7.30. The molecule has 220 valence electrons. The van der Waals surface area contributed by atoms with Gasteiger partial charge in [0.1, 0.15) is 5.82 Å². The number of aromatic nitrogens is 2. The molecule has 0 amide bonds. The summed E-state index contributed by atoms with van der Waals surface area (Å²) in [4.78, 5) is 19.9. The molecule has 5 heteroatoms. The number of carbonyl (C=O) groups is 1. The smallest absolute Gasteiger partial charge is 0.337 e. The summed E-state index contributed by atoms with van der Waals surface area (Å²) in [5.74, 6) is 0.707. The van der Waals surface area contributed by atoms with E-state index < -0.39 is 0 Å². The van der Waals surface area contributed by atoms with Gasteiger partial charge in [0.25, 0.3) is 0 Å². The number of hydrogen-bond acceptors (Lipinski definition) is 4. The molecule has 43 heavy (non-hydrogen) atoms. The zero-order valence-corrected chi connectivity index (χ0v) is 25.7. The van der Waals surface area contributed by atoms with Crippen molar-refractivity contribution in [3.63, 3.8) is 0 Å². The lowest BCUT2D eigenvalue weighted by Crippen LogP contribution is -2.24. The van der Waals surface area contributed by atoms with Gasteiger partial charge in [-0.15, -0.1) is 0 Å². The first-order valence-corrected chi connectivity index (χ1v) is 15.1. The number of esters is 1. The lowest BCUT2D eigenvalue weighted by molar-refractivity contribution is 0.0600. The highest BCUT2D eigenvalue weighted by molar-refractivity contribution is 5.89. The summed E-state index contributed by atoms with van der Waals surface area (Å²) in [7, 11) is 1.41. The second-order valence-electron chi connectivity index (χ2n) is 11.2. The Morgan fingerprint density at radius 3 is 2.09 bits per heavy atom. The first-order chi connectivity index (χ1) is 21.0. The highest BCUT2D eigenvalue weighted by atomic mass is 16.5. The Morgan fingerprint density at radius 1 is 0.791 bits per heavy atom. The summed E-state index contributed by atoms with van der Waals surface area (Å²) >= 11 is 0. The normalized spacial score (nSPS) is 11.2. The van der Waals surface area contributed by atoms with E-state index >= 15 is 0 Å². The molecule has 0 aliphatic carbocycles. The quantitative estimate of drug-likeness (QED) is 0.141. The predicted octanol–water partition coefficient (Wildman–Crippen LogP) is 8.62. The van der Waals surface area contributed by atoms with Crippen molar-refractivity contribution in [2.45, 2.75) is 59.8 Å². The number of nitrogens with zero attached hydrogens (tertiary/aromatic N) is 3. The van der Waals surface area contributed by atoms with Gasteiger partial charge in [0.2, 0.25) is 0 Å². The van der Waals surface area contributed by atoms with Gasteiger partial charge in [0.15, 0.2) is 0 Å². The zero-order chi connectivity index (χ0) is 30.2. The van der Waals surface area contributed by atoms with Gasteiger partial charge in [-0.05, 0) is 49.1 Å². The highest BCUT2D eigenvalue weighted by Crippen LogP contribution is 2.33.